The molecule has 1 aromatic rings. The number of hydrogen-bond donors (Lipinski definition) is 1. The number of hydrogen-bond acceptors (Lipinski definition) is 3. The standard InChI is InChI=1S/C17H28N2O/c1-14(2)17-13-19(15(3)9-10-18-17)11-12-20-16-7-5-4-6-8-16/h4-8,14-15,17-18H,9-13H2,1-3H3. The zero-order valence-corrected chi connectivity index (χ0v) is 13.0. The Morgan fingerprint density at radius 1 is 1.30 bits per heavy atom. The second-order valence-corrected chi connectivity index (χ2v) is 6.10. The van der Waals surface area contributed by atoms with Crippen LogP contribution in [0.25, 0.3) is 0 Å². The lowest BCUT2D eigenvalue weighted by Crippen LogP contribution is -2.44. The van der Waals surface area contributed by atoms with Crippen molar-refractivity contribution in [3.05, 3.63) is 30.3 Å². The van der Waals surface area contributed by atoms with E-state index in [4.69, 9.17) is 4.74 Å². The topological polar surface area (TPSA) is 24.5 Å². The molecule has 3 nitrogen and oxygen atoms in total. The number of nitrogens with one attached hydrogen (secondary N) is 1. The first kappa shape index (κ1) is 15.3. The zero-order chi connectivity index (χ0) is 14.4. The zero-order valence-electron chi connectivity index (χ0n) is 13.0. The summed E-state index contributed by atoms with van der Waals surface area (Å²) in [4.78, 5) is 2.56. The van der Waals surface area contributed by atoms with Crippen LogP contribution in [0.4, 0.5) is 0 Å². The van der Waals surface area contributed by atoms with Crippen LogP contribution >= 0.6 is 0 Å². The summed E-state index contributed by atoms with van der Waals surface area (Å²) in [6.45, 7) is 10.9. The van der Waals surface area contributed by atoms with E-state index in [9.17, 15) is 0 Å². The van der Waals surface area contributed by atoms with E-state index in [0.717, 1.165) is 32.0 Å². The normalized spacial score (nSPS) is 24.6. The van der Waals surface area contributed by atoms with Crippen LogP contribution in [0.2, 0.25) is 0 Å². The first-order chi connectivity index (χ1) is 9.66. The SMILES string of the molecule is CC(C)C1CN(CCOc2ccccc2)C(C)CCN1. The molecule has 0 bridgehead atoms. The molecule has 20 heavy (non-hydrogen) atoms. The quantitative estimate of drug-likeness (QED) is 0.895. The van der Waals surface area contributed by atoms with E-state index in [1.54, 1.807) is 0 Å². The average molecular weight is 276 g/mol. The number of nitrogens with zero attached hydrogens (tertiary/aromatic N) is 1. The Labute approximate surface area is 123 Å². The Kier molecular flexibility index (Phi) is 5.86. The molecule has 0 aliphatic carbocycles. The van der Waals surface area contributed by atoms with Gasteiger partial charge in [-0.05, 0) is 37.9 Å². The minimum absolute atomic E-state index is 0.594. The number of rotatable bonds is 5. The van der Waals surface area contributed by atoms with Crippen molar-refractivity contribution in [1.29, 1.82) is 0 Å². The highest BCUT2D eigenvalue weighted by molar-refractivity contribution is 5.20. The van der Waals surface area contributed by atoms with Crippen LogP contribution in [0.1, 0.15) is 27.2 Å². The molecule has 0 aromatic heterocycles. The Balaban J connectivity index is 1.83. The van der Waals surface area contributed by atoms with Gasteiger partial charge in [0.2, 0.25) is 0 Å². The molecule has 112 valence electrons. The third-order valence-electron chi connectivity index (χ3n) is 4.22. The van der Waals surface area contributed by atoms with Gasteiger partial charge in [-0.3, -0.25) is 4.90 Å². The molecule has 2 rings (SSSR count). The molecule has 1 aromatic carbocycles. The molecule has 1 aliphatic rings. The fourth-order valence-corrected chi connectivity index (χ4v) is 2.71. The Bertz CT molecular complexity index is 380. The first-order valence-electron chi connectivity index (χ1n) is 7.82. The van der Waals surface area contributed by atoms with E-state index in [1.807, 2.05) is 30.3 Å². The highest BCUT2D eigenvalue weighted by Gasteiger charge is 2.24. The van der Waals surface area contributed by atoms with Gasteiger partial charge in [-0.25, -0.2) is 0 Å². The van der Waals surface area contributed by atoms with Crippen molar-refractivity contribution < 1.29 is 4.74 Å². The molecule has 0 radical (unpaired) electrons. The van der Waals surface area contributed by atoms with Gasteiger partial charge in [0.15, 0.2) is 0 Å². The largest absolute Gasteiger partial charge is 0.492 e. The Hall–Kier alpha value is -1.06. The van der Waals surface area contributed by atoms with Crippen LogP contribution in [0, 0.1) is 5.92 Å². The molecular weight excluding hydrogens is 248 g/mol. The minimum Gasteiger partial charge on any atom is -0.492 e. The molecule has 0 amide bonds. The van der Waals surface area contributed by atoms with Gasteiger partial charge in [0.25, 0.3) is 0 Å². The third-order valence-corrected chi connectivity index (χ3v) is 4.22. The molecule has 1 heterocycles. The molecule has 2 unspecified atom stereocenters. The average Bonchev–Trinajstić information content (AvgIpc) is 2.63. The summed E-state index contributed by atoms with van der Waals surface area (Å²) in [5.41, 5.74) is 0. The molecule has 1 aliphatic heterocycles. The van der Waals surface area contributed by atoms with Crippen LogP contribution in [0.5, 0.6) is 5.75 Å². The summed E-state index contributed by atoms with van der Waals surface area (Å²) in [6.07, 6.45) is 1.22. The van der Waals surface area contributed by atoms with E-state index in [1.165, 1.54) is 6.42 Å². The van der Waals surface area contributed by atoms with Gasteiger partial charge < -0.3 is 10.1 Å². The second kappa shape index (κ2) is 7.65. The van der Waals surface area contributed by atoms with Crippen molar-refractivity contribution in [2.75, 3.05) is 26.2 Å². The van der Waals surface area contributed by atoms with Crippen LogP contribution in [0.3, 0.4) is 0 Å². The fraction of sp³-hybridized carbons (Fsp3) is 0.647. The summed E-state index contributed by atoms with van der Waals surface area (Å²) in [6, 6.07) is 11.3. The van der Waals surface area contributed by atoms with E-state index >= 15 is 0 Å². The lowest BCUT2D eigenvalue weighted by atomic mass is 10.0. The molecule has 0 spiro atoms. The van der Waals surface area contributed by atoms with E-state index < -0.39 is 0 Å². The van der Waals surface area contributed by atoms with Gasteiger partial charge in [-0.2, -0.15) is 0 Å². The van der Waals surface area contributed by atoms with Crippen molar-refractivity contribution in [2.45, 2.75) is 39.3 Å². The Morgan fingerprint density at radius 3 is 2.75 bits per heavy atom. The number of para-hydroxylation sites is 1. The minimum atomic E-state index is 0.594. The lowest BCUT2D eigenvalue weighted by molar-refractivity contribution is 0.157. The predicted molar refractivity (Wildman–Crippen MR) is 84.2 cm³/mol. The van der Waals surface area contributed by atoms with Gasteiger partial charge >= 0.3 is 0 Å². The van der Waals surface area contributed by atoms with Crippen molar-refractivity contribution in [3.8, 4) is 5.75 Å². The van der Waals surface area contributed by atoms with Crippen molar-refractivity contribution in [1.82, 2.24) is 10.2 Å². The van der Waals surface area contributed by atoms with Gasteiger partial charge in [0.1, 0.15) is 12.4 Å². The summed E-state index contributed by atoms with van der Waals surface area (Å²) in [7, 11) is 0. The first-order valence-corrected chi connectivity index (χ1v) is 7.82. The van der Waals surface area contributed by atoms with Crippen LogP contribution in [-0.4, -0.2) is 43.2 Å². The van der Waals surface area contributed by atoms with Gasteiger partial charge in [0.05, 0.1) is 0 Å². The summed E-state index contributed by atoms with van der Waals surface area (Å²) >= 11 is 0. The summed E-state index contributed by atoms with van der Waals surface area (Å²) < 4.78 is 5.83. The number of ether oxygens (including phenoxy) is 1. The molecule has 1 saturated heterocycles. The van der Waals surface area contributed by atoms with Crippen LogP contribution in [-0.2, 0) is 0 Å². The van der Waals surface area contributed by atoms with Crippen molar-refractivity contribution >= 4 is 0 Å². The molecular formula is C17H28N2O. The van der Waals surface area contributed by atoms with E-state index in [0.29, 0.717) is 18.0 Å². The molecule has 1 fully saturated rings. The number of benzene rings is 1. The smallest absolute Gasteiger partial charge is 0.119 e. The van der Waals surface area contributed by atoms with Crippen LogP contribution < -0.4 is 10.1 Å². The van der Waals surface area contributed by atoms with Gasteiger partial charge in [0, 0.05) is 25.2 Å². The van der Waals surface area contributed by atoms with E-state index in [2.05, 4.69) is 31.0 Å². The predicted octanol–water partition coefficient (Wildman–Crippen LogP) is 2.77. The lowest BCUT2D eigenvalue weighted by Gasteiger charge is -2.30. The monoisotopic (exact) mass is 276 g/mol. The molecule has 3 heteroatoms. The Morgan fingerprint density at radius 2 is 2.05 bits per heavy atom. The molecule has 2 atom stereocenters. The molecule has 1 N–H and O–H groups in total. The maximum absolute atomic E-state index is 5.83. The molecule has 0 saturated carbocycles. The van der Waals surface area contributed by atoms with Gasteiger partial charge in [-0.1, -0.05) is 32.0 Å². The van der Waals surface area contributed by atoms with Crippen molar-refractivity contribution in [3.63, 3.8) is 0 Å². The highest BCUT2D eigenvalue weighted by atomic mass is 16.5. The van der Waals surface area contributed by atoms with Crippen LogP contribution in [0.15, 0.2) is 30.3 Å². The summed E-state index contributed by atoms with van der Waals surface area (Å²) in [5, 5.41) is 3.67. The van der Waals surface area contributed by atoms with Gasteiger partial charge in [-0.15, -0.1) is 0 Å². The second-order valence-electron chi connectivity index (χ2n) is 6.10. The fourth-order valence-electron chi connectivity index (χ4n) is 2.71. The summed E-state index contributed by atoms with van der Waals surface area (Å²) in [5.74, 6) is 1.64. The van der Waals surface area contributed by atoms with Crippen molar-refractivity contribution in [2.24, 2.45) is 5.92 Å². The highest BCUT2D eigenvalue weighted by Crippen LogP contribution is 2.14. The third kappa shape index (κ3) is 4.50. The maximum atomic E-state index is 5.83. The maximum Gasteiger partial charge on any atom is 0.119 e. The van der Waals surface area contributed by atoms with E-state index in [-0.39, 0.29) is 0 Å².